The van der Waals surface area contributed by atoms with Gasteiger partial charge in [-0.05, 0) is 74.0 Å². The van der Waals surface area contributed by atoms with Crippen LogP contribution in [-0.2, 0) is 9.59 Å². The van der Waals surface area contributed by atoms with E-state index < -0.39 is 0 Å². The van der Waals surface area contributed by atoms with Crippen LogP contribution in [0.1, 0.15) is 18.3 Å². The van der Waals surface area contributed by atoms with E-state index in [0.29, 0.717) is 39.5 Å². The first-order chi connectivity index (χ1) is 16.3. The monoisotopic (exact) mass is 456 g/mol. The van der Waals surface area contributed by atoms with Crippen LogP contribution in [0.25, 0.3) is 16.6 Å². The molecule has 0 spiro atoms. The van der Waals surface area contributed by atoms with Crippen LogP contribution < -0.4 is 20.9 Å². The van der Waals surface area contributed by atoms with E-state index in [1.54, 1.807) is 54.0 Å². The standard InChI is InChI=1S/C26H24N4O4/c1-16-14-20(30-17(2)27-24-7-5-4-6-22(24)26(30)33)10-13-23(16)29-25(32)15-34-21-11-8-19(9-12-21)28-18(3)31/h4-14H,15H2,1-3H3,(H,28,31)(H,29,32). The number of nitrogens with zero attached hydrogens (tertiary/aromatic N) is 2. The normalized spacial score (nSPS) is 10.7. The number of para-hydroxylation sites is 1. The Balaban J connectivity index is 1.46. The molecule has 4 rings (SSSR count). The number of anilines is 2. The molecule has 34 heavy (non-hydrogen) atoms. The fourth-order valence-corrected chi connectivity index (χ4v) is 3.65. The Hall–Kier alpha value is -4.46. The predicted molar refractivity (Wildman–Crippen MR) is 132 cm³/mol. The third kappa shape index (κ3) is 4.96. The molecule has 172 valence electrons. The van der Waals surface area contributed by atoms with Crippen molar-refractivity contribution < 1.29 is 14.3 Å². The molecule has 0 aliphatic heterocycles. The van der Waals surface area contributed by atoms with Gasteiger partial charge in [0.1, 0.15) is 11.6 Å². The molecule has 1 aromatic heterocycles. The summed E-state index contributed by atoms with van der Waals surface area (Å²) in [4.78, 5) is 41.1. The number of carbonyl (C=O) groups excluding carboxylic acids is 2. The van der Waals surface area contributed by atoms with Crippen molar-refractivity contribution in [3.63, 3.8) is 0 Å². The number of fused-ring (bicyclic) bond motifs is 1. The molecule has 8 heteroatoms. The van der Waals surface area contributed by atoms with Gasteiger partial charge in [-0.25, -0.2) is 4.98 Å². The molecule has 0 aliphatic carbocycles. The van der Waals surface area contributed by atoms with E-state index in [9.17, 15) is 14.4 Å². The van der Waals surface area contributed by atoms with Gasteiger partial charge in [-0.15, -0.1) is 0 Å². The van der Waals surface area contributed by atoms with Gasteiger partial charge in [0.05, 0.1) is 16.6 Å². The van der Waals surface area contributed by atoms with Gasteiger partial charge in [0, 0.05) is 18.3 Å². The fraction of sp³-hybridized carbons (Fsp3) is 0.154. The Labute approximate surface area is 196 Å². The van der Waals surface area contributed by atoms with Gasteiger partial charge in [-0.3, -0.25) is 19.0 Å². The average molecular weight is 457 g/mol. The van der Waals surface area contributed by atoms with Crippen LogP contribution in [0.15, 0.2) is 71.5 Å². The fourth-order valence-electron chi connectivity index (χ4n) is 3.65. The SMILES string of the molecule is CC(=O)Nc1ccc(OCC(=O)Nc2ccc(-n3c(C)nc4ccccc4c3=O)cc2C)cc1. The number of ether oxygens (including phenoxy) is 1. The summed E-state index contributed by atoms with van der Waals surface area (Å²) >= 11 is 0. The van der Waals surface area contributed by atoms with Crippen LogP contribution in [0.3, 0.4) is 0 Å². The summed E-state index contributed by atoms with van der Waals surface area (Å²) in [7, 11) is 0. The van der Waals surface area contributed by atoms with Crippen LogP contribution in [0.2, 0.25) is 0 Å². The Morgan fingerprint density at radius 3 is 2.41 bits per heavy atom. The summed E-state index contributed by atoms with van der Waals surface area (Å²) in [6.07, 6.45) is 0. The average Bonchev–Trinajstić information content (AvgIpc) is 2.80. The van der Waals surface area contributed by atoms with Crippen molar-refractivity contribution in [2.45, 2.75) is 20.8 Å². The smallest absolute Gasteiger partial charge is 0.265 e. The van der Waals surface area contributed by atoms with Gasteiger partial charge in [-0.2, -0.15) is 0 Å². The summed E-state index contributed by atoms with van der Waals surface area (Å²) in [6.45, 7) is 4.91. The van der Waals surface area contributed by atoms with Crippen LogP contribution >= 0.6 is 0 Å². The number of amides is 2. The minimum absolute atomic E-state index is 0.141. The van der Waals surface area contributed by atoms with Gasteiger partial charge in [-0.1, -0.05) is 12.1 Å². The number of hydrogen-bond acceptors (Lipinski definition) is 5. The Bertz CT molecular complexity index is 1440. The van der Waals surface area contributed by atoms with Gasteiger partial charge < -0.3 is 15.4 Å². The third-order valence-electron chi connectivity index (χ3n) is 5.23. The van der Waals surface area contributed by atoms with E-state index >= 15 is 0 Å². The van der Waals surface area contributed by atoms with E-state index in [2.05, 4.69) is 15.6 Å². The zero-order valence-electron chi connectivity index (χ0n) is 19.1. The Kier molecular flexibility index (Phi) is 6.40. The maximum atomic E-state index is 13.0. The number of rotatable bonds is 6. The van der Waals surface area contributed by atoms with E-state index in [4.69, 9.17) is 4.74 Å². The Morgan fingerprint density at radius 2 is 1.71 bits per heavy atom. The molecule has 0 unspecified atom stereocenters. The largest absolute Gasteiger partial charge is 0.484 e. The third-order valence-corrected chi connectivity index (χ3v) is 5.23. The van der Waals surface area contributed by atoms with E-state index in [1.165, 1.54) is 6.92 Å². The van der Waals surface area contributed by atoms with E-state index in [1.807, 2.05) is 31.2 Å². The summed E-state index contributed by atoms with van der Waals surface area (Å²) in [5.41, 5.74) is 3.26. The number of nitrogens with one attached hydrogen (secondary N) is 2. The van der Waals surface area contributed by atoms with Crippen LogP contribution in [0, 0.1) is 13.8 Å². The molecule has 0 aliphatic rings. The highest BCUT2D eigenvalue weighted by atomic mass is 16.5. The van der Waals surface area contributed by atoms with Crippen molar-refractivity contribution in [3.8, 4) is 11.4 Å². The maximum absolute atomic E-state index is 13.0. The lowest BCUT2D eigenvalue weighted by atomic mass is 10.1. The second kappa shape index (κ2) is 9.58. The molecule has 3 aromatic carbocycles. The molecule has 0 saturated carbocycles. The van der Waals surface area contributed by atoms with Crippen molar-refractivity contribution in [3.05, 3.63) is 88.5 Å². The minimum Gasteiger partial charge on any atom is -0.484 e. The lowest BCUT2D eigenvalue weighted by Crippen LogP contribution is -2.23. The molecule has 0 fully saturated rings. The topological polar surface area (TPSA) is 102 Å². The molecule has 1 heterocycles. The summed E-state index contributed by atoms with van der Waals surface area (Å²) in [5.74, 6) is 0.613. The van der Waals surface area contributed by atoms with Gasteiger partial charge >= 0.3 is 0 Å². The highest BCUT2D eigenvalue weighted by Crippen LogP contribution is 2.21. The quantitative estimate of drug-likeness (QED) is 0.457. The zero-order valence-corrected chi connectivity index (χ0v) is 19.1. The summed E-state index contributed by atoms with van der Waals surface area (Å²) in [6, 6.07) is 19.4. The molecular formula is C26H24N4O4. The predicted octanol–water partition coefficient (Wildman–Crippen LogP) is 3.98. The molecule has 0 saturated heterocycles. The molecule has 0 radical (unpaired) electrons. The molecular weight excluding hydrogens is 432 g/mol. The zero-order chi connectivity index (χ0) is 24.2. The van der Waals surface area contributed by atoms with Crippen molar-refractivity contribution >= 4 is 34.1 Å². The first-order valence-electron chi connectivity index (χ1n) is 10.7. The molecule has 2 N–H and O–H groups in total. The van der Waals surface area contributed by atoms with E-state index in [0.717, 1.165) is 5.56 Å². The minimum atomic E-state index is -0.317. The highest BCUT2D eigenvalue weighted by Gasteiger charge is 2.12. The van der Waals surface area contributed by atoms with Crippen molar-refractivity contribution in [1.29, 1.82) is 0 Å². The van der Waals surface area contributed by atoms with Gasteiger partial charge in [0.2, 0.25) is 5.91 Å². The molecule has 8 nitrogen and oxygen atoms in total. The number of benzene rings is 3. The van der Waals surface area contributed by atoms with Crippen LogP contribution in [0.4, 0.5) is 11.4 Å². The van der Waals surface area contributed by atoms with Crippen LogP contribution in [-0.4, -0.2) is 28.0 Å². The van der Waals surface area contributed by atoms with Gasteiger partial charge in [0.15, 0.2) is 6.61 Å². The number of aromatic nitrogens is 2. The van der Waals surface area contributed by atoms with Gasteiger partial charge in [0.25, 0.3) is 11.5 Å². The lowest BCUT2D eigenvalue weighted by molar-refractivity contribution is -0.118. The van der Waals surface area contributed by atoms with E-state index in [-0.39, 0.29) is 24.0 Å². The summed E-state index contributed by atoms with van der Waals surface area (Å²) < 4.78 is 7.09. The second-order valence-corrected chi connectivity index (χ2v) is 7.86. The molecule has 0 bridgehead atoms. The maximum Gasteiger partial charge on any atom is 0.265 e. The number of carbonyl (C=O) groups is 2. The molecule has 4 aromatic rings. The first-order valence-corrected chi connectivity index (χ1v) is 10.7. The van der Waals surface area contributed by atoms with Crippen LogP contribution in [0.5, 0.6) is 5.75 Å². The molecule has 2 amide bonds. The first kappa shape index (κ1) is 22.7. The highest BCUT2D eigenvalue weighted by molar-refractivity contribution is 5.93. The number of hydrogen-bond donors (Lipinski definition) is 2. The lowest BCUT2D eigenvalue weighted by Gasteiger charge is -2.14. The Morgan fingerprint density at radius 1 is 0.971 bits per heavy atom. The van der Waals surface area contributed by atoms with Crippen molar-refractivity contribution in [1.82, 2.24) is 9.55 Å². The second-order valence-electron chi connectivity index (χ2n) is 7.86. The van der Waals surface area contributed by atoms with Crippen molar-refractivity contribution in [2.24, 2.45) is 0 Å². The molecule has 0 atom stereocenters. The summed E-state index contributed by atoms with van der Waals surface area (Å²) in [5, 5.41) is 6.05. The van der Waals surface area contributed by atoms with Crippen molar-refractivity contribution in [2.75, 3.05) is 17.2 Å². The number of aryl methyl sites for hydroxylation is 2.